The molecule has 0 unspecified atom stereocenters. The third-order valence-electron chi connectivity index (χ3n) is 4.60. The van der Waals surface area contributed by atoms with Crippen LogP contribution in [0.4, 0.5) is 5.69 Å². The van der Waals surface area contributed by atoms with Crippen LogP contribution in [0, 0.1) is 13.8 Å². The highest BCUT2D eigenvalue weighted by atomic mass is 32.2. The van der Waals surface area contributed by atoms with E-state index in [1.54, 1.807) is 40.9 Å². The van der Waals surface area contributed by atoms with E-state index in [0.717, 1.165) is 17.9 Å². The summed E-state index contributed by atoms with van der Waals surface area (Å²) in [6.45, 7) is 10.0. The number of nitrogens with zero attached hydrogens (tertiary/aromatic N) is 1. The van der Waals surface area contributed by atoms with Crippen molar-refractivity contribution in [3.8, 4) is 5.75 Å². The van der Waals surface area contributed by atoms with Crippen LogP contribution in [0.25, 0.3) is 0 Å². The van der Waals surface area contributed by atoms with E-state index < -0.39 is 0 Å². The molecule has 6 heteroatoms. The summed E-state index contributed by atoms with van der Waals surface area (Å²) in [5.41, 5.74) is 3.73. The summed E-state index contributed by atoms with van der Waals surface area (Å²) in [7, 11) is 0. The molecule has 30 heavy (non-hydrogen) atoms. The maximum Gasteiger partial charge on any atom is 0.253 e. The SMILES string of the molecule is CCN(CC)C(=O)c1ccc(NC(=O)CSCCCOc2cc(C)cc(C)c2)cc1. The quantitative estimate of drug-likeness (QED) is 0.516. The first-order chi connectivity index (χ1) is 14.4. The highest BCUT2D eigenvalue weighted by Gasteiger charge is 2.12. The summed E-state index contributed by atoms with van der Waals surface area (Å²) >= 11 is 1.59. The van der Waals surface area contributed by atoms with E-state index >= 15 is 0 Å². The van der Waals surface area contributed by atoms with Crippen LogP contribution >= 0.6 is 11.8 Å². The number of aryl methyl sites for hydroxylation is 2. The van der Waals surface area contributed by atoms with Gasteiger partial charge in [-0.3, -0.25) is 9.59 Å². The van der Waals surface area contributed by atoms with Crippen molar-refractivity contribution >= 4 is 29.3 Å². The second kappa shape index (κ2) is 12.3. The van der Waals surface area contributed by atoms with E-state index in [1.807, 2.05) is 26.0 Å². The Morgan fingerprint density at radius 1 is 1.00 bits per heavy atom. The van der Waals surface area contributed by atoms with Gasteiger partial charge in [0, 0.05) is 24.3 Å². The maximum absolute atomic E-state index is 12.3. The minimum absolute atomic E-state index is 0.0106. The molecule has 2 aromatic carbocycles. The molecule has 0 atom stereocenters. The van der Waals surface area contributed by atoms with Gasteiger partial charge in [0.2, 0.25) is 5.91 Å². The monoisotopic (exact) mass is 428 g/mol. The van der Waals surface area contributed by atoms with Gasteiger partial charge in [0.25, 0.3) is 5.91 Å². The first-order valence-corrected chi connectivity index (χ1v) is 11.6. The predicted molar refractivity (Wildman–Crippen MR) is 126 cm³/mol. The highest BCUT2D eigenvalue weighted by Crippen LogP contribution is 2.17. The lowest BCUT2D eigenvalue weighted by Crippen LogP contribution is -2.30. The Bertz CT molecular complexity index is 813. The van der Waals surface area contributed by atoms with Crippen LogP contribution in [0.1, 0.15) is 41.8 Å². The number of anilines is 1. The van der Waals surface area contributed by atoms with Crippen molar-refractivity contribution in [1.29, 1.82) is 0 Å². The van der Waals surface area contributed by atoms with Gasteiger partial charge < -0.3 is 15.0 Å². The number of ether oxygens (including phenoxy) is 1. The lowest BCUT2D eigenvalue weighted by Gasteiger charge is -2.18. The summed E-state index contributed by atoms with van der Waals surface area (Å²) in [6.07, 6.45) is 0.882. The lowest BCUT2D eigenvalue weighted by molar-refractivity contribution is -0.113. The maximum atomic E-state index is 12.3. The molecule has 0 saturated heterocycles. The predicted octanol–water partition coefficient (Wildman–Crippen LogP) is 4.93. The van der Waals surface area contributed by atoms with E-state index in [2.05, 4.69) is 25.2 Å². The molecule has 0 aliphatic rings. The number of carbonyl (C=O) groups excluding carboxylic acids is 2. The lowest BCUT2D eigenvalue weighted by atomic mass is 10.1. The van der Waals surface area contributed by atoms with E-state index in [9.17, 15) is 9.59 Å². The third kappa shape index (κ3) is 7.75. The van der Waals surface area contributed by atoms with Gasteiger partial charge in [-0.05, 0) is 87.4 Å². The highest BCUT2D eigenvalue weighted by molar-refractivity contribution is 7.99. The van der Waals surface area contributed by atoms with Crippen LogP contribution in [0.5, 0.6) is 5.75 Å². The number of nitrogens with one attached hydrogen (secondary N) is 1. The number of hydrogen-bond acceptors (Lipinski definition) is 4. The Kier molecular flexibility index (Phi) is 9.74. The summed E-state index contributed by atoms with van der Waals surface area (Å²) in [6, 6.07) is 13.3. The first kappa shape index (κ1) is 23.8. The van der Waals surface area contributed by atoms with Crippen LogP contribution in [0.2, 0.25) is 0 Å². The van der Waals surface area contributed by atoms with Crippen LogP contribution in [0.15, 0.2) is 42.5 Å². The van der Waals surface area contributed by atoms with Gasteiger partial charge in [0.15, 0.2) is 0 Å². The summed E-state index contributed by atoms with van der Waals surface area (Å²) in [5.74, 6) is 2.12. The number of amides is 2. The fourth-order valence-corrected chi connectivity index (χ4v) is 3.84. The molecule has 0 fully saturated rings. The number of hydrogen-bond donors (Lipinski definition) is 1. The molecule has 0 saturated carbocycles. The molecule has 0 radical (unpaired) electrons. The van der Waals surface area contributed by atoms with E-state index in [1.165, 1.54) is 11.1 Å². The molecule has 2 rings (SSSR count). The third-order valence-corrected chi connectivity index (χ3v) is 5.64. The van der Waals surface area contributed by atoms with Crippen molar-refractivity contribution in [2.24, 2.45) is 0 Å². The molecular formula is C24H32N2O3S. The molecule has 0 spiro atoms. The van der Waals surface area contributed by atoms with Crippen molar-refractivity contribution in [2.45, 2.75) is 34.1 Å². The Morgan fingerprint density at radius 3 is 2.23 bits per heavy atom. The normalized spacial score (nSPS) is 10.5. The molecule has 0 heterocycles. The van der Waals surface area contributed by atoms with Crippen LogP contribution < -0.4 is 10.1 Å². The summed E-state index contributed by atoms with van der Waals surface area (Å²) < 4.78 is 5.79. The smallest absolute Gasteiger partial charge is 0.253 e. The summed E-state index contributed by atoms with van der Waals surface area (Å²) in [4.78, 5) is 26.2. The van der Waals surface area contributed by atoms with Gasteiger partial charge >= 0.3 is 0 Å². The molecule has 0 aromatic heterocycles. The number of rotatable bonds is 11. The Balaban J connectivity index is 1.66. The van der Waals surface area contributed by atoms with Gasteiger partial charge in [0.05, 0.1) is 12.4 Å². The summed E-state index contributed by atoms with van der Waals surface area (Å²) in [5, 5.41) is 2.88. The molecule has 5 nitrogen and oxygen atoms in total. The molecule has 2 amide bonds. The number of carbonyl (C=O) groups is 2. The minimum atomic E-state index is -0.0435. The van der Waals surface area contributed by atoms with Gasteiger partial charge in [-0.1, -0.05) is 6.07 Å². The van der Waals surface area contributed by atoms with Gasteiger partial charge in [-0.15, -0.1) is 0 Å². The molecule has 2 aromatic rings. The van der Waals surface area contributed by atoms with Crippen LogP contribution in [0.3, 0.4) is 0 Å². The standard InChI is InChI=1S/C24H32N2O3S/c1-5-26(6-2)24(28)20-8-10-21(11-9-20)25-23(27)17-30-13-7-12-29-22-15-18(3)14-19(4)16-22/h8-11,14-16H,5-7,12-13,17H2,1-4H3,(H,25,27). The van der Waals surface area contributed by atoms with Crippen molar-refractivity contribution in [1.82, 2.24) is 4.90 Å². The van der Waals surface area contributed by atoms with Gasteiger partial charge in [-0.25, -0.2) is 0 Å². The van der Waals surface area contributed by atoms with Gasteiger partial charge in [0.1, 0.15) is 5.75 Å². The molecule has 0 bridgehead atoms. The molecule has 1 N–H and O–H groups in total. The zero-order valence-corrected chi connectivity index (χ0v) is 19.2. The zero-order valence-electron chi connectivity index (χ0n) is 18.4. The second-order valence-corrected chi connectivity index (χ2v) is 8.29. The van der Waals surface area contributed by atoms with Crippen molar-refractivity contribution in [2.75, 3.05) is 36.5 Å². The molecule has 0 aliphatic heterocycles. The van der Waals surface area contributed by atoms with Crippen LogP contribution in [-0.4, -0.2) is 47.9 Å². The minimum Gasteiger partial charge on any atom is -0.494 e. The average molecular weight is 429 g/mol. The van der Waals surface area contributed by atoms with E-state index in [4.69, 9.17) is 4.74 Å². The fourth-order valence-electron chi connectivity index (χ4n) is 3.12. The van der Waals surface area contributed by atoms with Crippen molar-refractivity contribution in [3.05, 3.63) is 59.2 Å². The molecule has 162 valence electrons. The Hall–Kier alpha value is -2.47. The molecular weight excluding hydrogens is 396 g/mol. The number of thioether (sulfide) groups is 1. The molecule has 0 aliphatic carbocycles. The largest absolute Gasteiger partial charge is 0.494 e. The van der Waals surface area contributed by atoms with Crippen LogP contribution in [-0.2, 0) is 4.79 Å². The second-order valence-electron chi connectivity index (χ2n) is 7.18. The first-order valence-electron chi connectivity index (χ1n) is 10.4. The van der Waals surface area contributed by atoms with Gasteiger partial charge in [-0.2, -0.15) is 11.8 Å². The fraction of sp³-hybridized carbons (Fsp3) is 0.417. The van der Waals surface area contributed by atoms with Crippen molar-refractivity contribution in [3.63, 3.8) is 0 Å². The topological polar surface area (TPSA) is 58.6 Å². The Morgan fingerprint density at radius 2 is 1.63 bits per heavy atom. The zero-order chi connectivity index (χ0) is 21.9. The number of benzene rings is 2. The average Bonchev–Trinajstić information content (AvgIpc) is 2.71. The van der Waals surface area contributed by atoms with E-state index in [-0.39, 0.29) is 11.8 Å². The Labute approximate surface area is 184 Å². The van der Waals surface area contributed by atoms with Crippen molar-refractivity contribution < 1.29 is 14.3 Å². The van der Waals surface area contributed by atoms with E-state index in [0.29, 0.717) is 36.7 Å².